The molecule has 0 aliphatic rings. The molecule has 0 radical (unpaired) electrons. The van der Waals surface area contributed by atoms with Crippen LogP contribution in [0.3, 0.4) is 0 Å². The van der Waals surface area contributed by atoms with E-state index in [1.807, 2.05) is 60.7 Å². The topological polar surface area (TPSA) is 88.7 Å². The Kier molecular flexibility index (Phi) is 6.66. The summed E-state index contributed by atoms with van der Waals surface area (Å²) in [4.78, 5) is 28.7. The minimum atomic E-state index is -0.463. The first kappa shape index (κ1) is 23.5. The third kappa shape index (κ3) is 5.07. The Labute approximate surface area is 218 Å². The van der Waals surface area contributed by atoms with Crippen LogP contribution in [0.2, 0.25) is 0 Å². The molecular weight excluding hydrogens is 540 g/mol. The summed E-state index contributed by atoms with van der Waals surface area (Å²) in [5.41, 5.74) is 3.85. The molecule has 0 aliphatic heterocycles. The van der Waals surface area contributed by atoms with Crippen LogP contribution >= 0.6 is 27.3 Å². The maximum atomic E-state index is 13.6. The second kappa shape index (κ2) is 10.2. The molecule has 0 N–H and O–H groups in total. The average Bonchev–Trinajstić information content (AvgIpc) is 3.32. The molecule has 0 unspecified atom stereocenters. The van der Waals surface area contributed by atoms with Gasteiger partial charge in [0.25, 0.3) is 11.6 Å². The van der Waals surface area contributed by atoms with E-state index in [0.29, 0.717) is 16.3 Å². The largest absolute Gasteiger partial charge is 0.280 e. The highest BCUT2D eigenvalue weighted by atomic mass is 79.9. The van der Waals surface area contributed by atoms with Gasteiger partial charge in [-0.3, -0.25) is 14.9 Å². The van der Waals surface area contributed by atoms with Crippen molar-refractivity contribution in [2.45, 2.75) is 0 Å². The van der Waals surface area contributed by atoms with Crippen molar-refractivity contribution in [3.63, 3.8) is 0 Å². The van der Waals surface area contributed by atoms with Gasteiger partial charge in [-0.1, -0.05) is 69.7 Å². The zero-order chi connectivity index (χ0) is 25.1. The van der Waals surface area contributed by atoms with Gasteiger partial charge in [0.1, 0.15) is 0 Å². The highest BCUT2D eigenvalue weighted by molar-refractivity contribution is 9.10. The Morgan fingerprint density at radius 3 is 2.33 bits per heavy atom. The highest BCUT2D eigenvalue weighted by Crippen LogP contribution is 2.32. The molecule has 176 valence electrons. The number of halogens is 1. The quantitative estimate of drug-likeness (QED) is 0.124. The maximum Gasteiger partial charge on any atom is 0.280 e. The number of nitro benzene ring substituents is 1. The maximum absolute atomic E-state index is 13.6. The predicted molar refractivity (Wildman–Crippen MR) is 147 cm³/mol. The van der Waals surface area contributed by atoms with Gasteiger partial charge in [-0.2, -0.15) is 10.1 Å². The van der Waals surface area contributed by atoms with Crippen molar-refractivity contribution in [1.82, 2.24) is 4.98 Å². The van der Waals surface area contributed by atoms with Crippen molar-refractivity contribution in [1.29, 1.82) is 0 Å². The molecule has 1 aromatic heterocycles. The van der Waals surface area contributed by atoms with Crippen LogP contribution in [-0.2, 0) is 0 Å². The monoisotopic (exact) mass is 556 g/mol. The molecule has 0 spiro atoms. The van der Waals surface area contributed by atoms with Crippen LogP contribution in [-0.4, -0.2) is 22.0 Å². The van der Waals surface area contributed by atoms with Gasteiger partial charge < -0.3 is 0 Å². The number of thiazole rings is 1. The van der Waals surface area contributed by atoms with E-state index in [9.17, 15) is 14.9 Å². The van der Waals surface area contributed by atoms with Crippen LogP contribution in [0.5, 0.6) is 0 Å². The van der Waals surface area contributed by atoms with E-state index in [4.69, 9.17) is 0 Å². The van der Waals surface area contributed by atoms with Crippen LogP contribution in [0.4, 0.5) is 10.8 Å². The first-order valence-corrected chi connectivity index (χ1v) is 12.4. The van der Waals surface area contributed by atoms with Crippen molar-refractivity contribution in [2.75, 3.05) is 5.01 Å². The average molecular weight is 557 g/mol. The number of fused-ring (bicyclic) bond motifs is 1. The number of amides is 1. The second-order valence-electron chi connectivity index (χ2n) is 7.76. The third-order valence-corrected chi connectivity index (χ3v) is 6.86. The van der Waals surface area contributed by atoms with Crippen molar-refractivity contribution >= 4 is 60.4 Å². The molecule has 0 saturated carbocycles. The number of non-ortho nitro benzene ring substituents is 1. The fourth-order valence-corrected chi connectivity index (χ4v) is 5.00. The summed E-state index contributed by atoms with van der Waals surface area (Å²) in [6.45, 7) is 0. The molecule has 1 heterocycles. The lowest BCUT2D eigenvalue weighted by molar-refractivity contribution is -0.384. The number of carbonyl (C=O) groups excluding carboxylic acids is 1. The van der Waals surface area contributed by atoms with Gasteiger partial charge in [-0.15, -0.1) is 0 Å². The molecule has 5 rings (SSSR count). The van der Waals surface area contributed by atoms with Crippen LogP contribution in [0.25, 0.3) is 21.3 Å². The van der Waals surface area contributed by atoms with Crippen LogP contribution < -0.4 is 5.01 Å². The summed E-state index contributed by atoms with van der Waals surface area (Å²) < 4.78 is 1.82. The number of aromatic nitrogens is 1. The molecular formula is C27H17BrN4O3S. The first-order chi connectivity index (χ1) is 17.5. The standard InChI is InChI=1S/C27H17BrN4O3S/c28-22-12-15-24-25(16-22)36-27(30-24)31(29-17-18-6-13-23(14-7-18)32(34)35)26(33)21-10-8-20(9-11-21)19-4-2-1-3-5-19/h1-17H/b29-17+. The minimum absolute atomic E-state index is 0.0182. The van der Waals surface area contributed by atoms with Gasteiger partial charge in [0.15, 0.2) is 0 Å². The number of nitrogens with zero attached hydrogens (tertiary/aromatic N) is 4. The number of benzene rings is 4. The summed E-state index contributed by atoms with van der Waals surface area (Å²) in [7, 11) is 0. The minimum Gasteiger partial charge on any atom is -0.267 e. The Balaban J connectivity index is 1.50. The van der Waals surface area contributed by atoms with Crippen molar-refractivity contribution in [3.05, 3.63) is 123 Å². The molecule has 0 aliphatic carbocycles. The first-order valence-electron chi connectivity index (χ1n) is 10.8. The molecule has 5 aromatic rings. The van der Waals surface area contributed by atoms with Crippen molar-refractivity contribution in [2.24, 2.45) is 5.10 Å². The Bertz CT molecular complexity index is 1580. The molecule has 0 fully saturated rings. The number of rotatable bonds is 6. The number of carbonyl (C=O) groups is 1. The van der Waals surface area contributed by atoms with Gasteiger partial charge in [0.2, 0.25) is 5.13 Å². The van der Waals surface area contributed by atoms with Crippen LogP contribution in [0, 0.1) is 10.1 Å². The van der Waals surface area contributed by atoms with E-state index in [-0.39, 0.29) is 11.6 Å². The number of nitro groups is 1. The lowest BCUT2D eigenvalue weighted by Gasteiger charge is -2.14. The van der Waals surface area contributed by atoms with Gasteiger partial charge in [0, 0.05) is 22.2 Å². The predicted octanol–water partition coefficient (Wildman–Crippen LogP) is 7.31. The van der Waals surface area contributed by atoms with Crippen molar-refractivity contribution in [3.8, 4) is 11.1 Å². The van der Waals surface area contributed by atoms with Gasteiger partial charge in [-0.25, -0.2) is 4.98 Å². The van der Waals surface area contributed by atoms with Crippen LogP contribution in [0.1, 0.15) is 15.9 Å². The SMILES string of the molecule is O=C(c1ccc(-c2ccccc2)cc1)N(/N=C/c1ccc([N+](=O)[O-])cc1)c1nc2ccc(Br)cc2s1. The third-order valence-electron chi connectivity index (χ3n) is 5.38. The Hall–Kier alpha value is -4.21. The van der Waals surface area contributed by atoms with Gasteiger partial charge in [0.05, 0.1) is 21.4 Å². The fourth-order valence-electron chi connectivity index (χ4n) is 3.53. The summed E-state index contributed by atoms with van der Waals surface area (Å²) >= 11 is 4.81. The van der Waals surface area contributed by atoms with E-state index in [2.05, 4.69) is 26.0 Å². The summed E-state index contributed by atoms with van der Waals surface area (Å²) in [6.07, 6.45) is 1.49. The molecule has 4 aromatic carbocycles. The Morgan fingerprint density at radius 2 is 1.64 bits per heavy atom. The molecule has 0 atom stereocenters. The normalized spacial score (nSPS) is 11.1. The zero-order valence-electron chi connectivity index (χ0n) is 18.6. The lowest BCUT2D eigenvalue weighted by atomic mass is 10.0. The molecule has 9 heteroatoms. The molecule has 36 heavy (non-hydrogen) atoms. The molecule has 7 nitrogen and oxygen atoms in total. The molecule has 0 saturated heterocycles. The van der Waals surface area contributed by atoms with Crippen LogP contribution in [0.15, 0.2) is 107 Å². The number of hydrogen-bond acceptors (Lipinski definition) is 6. The molecule has 1 amide bonds. The number of hydrazone groups is 1. The van der Waals surface area contributed by atoms with E-state index >= 15 is 0 Å². The van der Waals surface area contributed by atoms with E-state index in [0.717, 1.165) is 25.8 Å². The smallest absolute Gasteiger partial charge is 0.267 e. The Morgan fingerprint density at radius 1 is 0.944 bits per heavy atom. The number of hydrogen-bond donors (Lipinski definition) is 0. The van der Waals surface area contributed by atoms with E-state index in [1.165, 1.54) is 34.7 Å². The highest BCUT2D eigenvalue weighted by Gasteiger charge is 2.21. The van der Waals surface area contributed by atoms with E-state index in [1.54, 1.807) is 24.3 Å². The van der Waals surface area contributed by atoms with Gasteiger partial charge >= 0.3 is 0 Å². The zero-order valence-corrected chi connectivity index (χ0v) is 21.0. The number of anilines is 1. The molecule has 0 bridgehead atoms. The van der Waals surface area contributed by atoms with Gasteiger partial charge in [-0.05, 0) is 59.2 Å². The van der Waals surface area contributed by atoms with E-state index < -0.39 is 4.92 Å². The summed E-state index contributed by atoms with van der Waals surface area (Å²) in [6, 6.07) is 28.9. The van der Waals surface area contributed by atoms with Crippen molar-refractivity contribution < 1.29 is 9.72 Å². The fraction of sp³-hybridized carbons (Fsp3) is 0. The lowest BCUT2D eigenvalue weighted by Crippen LogP contribution is -2.25. The second-order valence-corrected chi connectivity index (χ2v) is 9.69. The summed E-state index contributed by atoms with van der Waals surface area (Å²) in [5.74, 6) is -0.342. The summed E-state index contributed by atoms with van der Waals surface area (Å²) in [5, 5.41) is 17.1.